The molecule has 4 nitrogen and oxygen atoms in total. The second kappa shape index (κ2) is 5.39. The normalized spacial score (nSPS) is 10.2. The molecule has 0 aliphatic heterocycles. The van der Waals surface area contributed by atoms with Gasteiger partial charge in [-0.1, -0.05) is 6.07 Å². The number of anilines is 1. The molecule has 16 heavy (non-hydrogen) atoms. The summed E-state index contributed by atoms with van der Waals surface area (Å²) in [7, 11) is 0. The highest BCUT2D eigenvalue weighted by molar-refractivity contribution is 5.78. The van der Waals surface area contributed by atoms with Gasteiger partial charge >= 0.3 is 0 Å². The molecule has 0 saturated heterocycles. The number of aryl methyl sites for hydroxylation is 1. The van der Waals surface area contributed by atoms with Crippen LogP contribution in [0.1, 0.15) is 19.4 Å². The van der Waals surface area contributed by atoms with Gasteiger partial charge in [-0.3, -0.25) is 4.79 Å². The van der Waals surface area contributed by atoms with Crippen LogP contribution in [0.4, 0.5) is 5.69 Å². The van der Waals surface area contributed by atoms with Crippen molar-refractivity contribution in [1.82, 2.24) is 5.32 Å². The van der Waals surface area contributed by atoms with Gasteiger partial charge in [-0.15, -0.1) is 0 Å². The minimum Gasteiger partial charge on any atom is -0.482 e. The quantitative estimate of drug-likeness (QED) is 0.758. The molecule has 4 heteroatoms. The lowest BCUT2D eigenvalue weighted by molar-refractivity contribution is -0.123. The Morgan fingerprint density at radius 3 is 2.75 bits per heavy atom. The molecule has 0 aliphatic rings. The van der Waals surface area contributed by atoms with Crippen LogP contribution in [-0.4, -0.2) is 18.6 Å². The van der Waals surface area contributed by atoms with Crippen LogP contribution in [-0.2, 0) is 4.79 Å². The van der Waals surface area contributed by atoms with E-state index >= 15 is 0 Å². The number of ether oxygens (including phenoxy) is 1. The van der Waals surface area contributed by atoms with Crippen LogP contribution in [0.25, 0.3) is 0 Å². The number of hydrogen-bond donors (Lipinski definition) is 2. The molecule has 0 aromatic heterocycles. The SMILES string of the molecule is Cc1ccc(OCC(=O)NC(C)C)c(N)c1. The summed E-state index contributed by atoms with van der Waals surface area (Å²) in [6.45, 7) is 5.74. The van der Waals surface area contributed by atoms with Crippen LogP contribution >= 0.6 is 0 Å². The van der Waals surface area contributed by atoms with Gasteiger partial charge in [0.15, 0.2) is 6.61 Å². The number of rotatable bonds is 4. The Balaban J connectivity index is 2.51. The Kier molecular flexibility index (Phi) is 4.17. The molecule has 0 aliphatic carbocycles. The predicted octanol–water partition coefficient (Wildman–Crippen LogP) is 1.48. The summed E-state index contributed by atoms with van der Waals surface area (Å²) < 4.78 is 5.32. The molecular formula is C12H18N2O2. The fourth-order valence-corrected chi connectivity index (χ4v) is 1.31. The molecule has 0 heterocycles. The summed E-state index contributed by atoms with van der Waals surface area (Å²) >= 11 is 0. The maximum absolute atomic E-state index is 11.3. The average molecular weight is 222 g/mol. The van der Waals surface area contributed by atoms with Gasteiger partial charge in [-0.25, -0.2) is 0 Å². The van der Waals surface area contributed by atoms with E-state index in [-0.39, 0.29) is 18.6 Å². The lowest BCUT2D eigenvalue weighted by atomic mass is 10.2. The molecule has 1 rings (SSSR count). The summed E-state index contributed by atoms with van der Waals surface area (Å²) in [5.41, 5.74) is 7.37. The van der Waals surface area contributed by atoms with Gasteiger partial charge in [0.2, 0.25) is 0 Å². The molecule has 0 atom stereocenters. The third-order valence-electron chi connectivity index (χ3n) is 1.97. The maximum Gasteiger partial charge on any atom is 0.258 e. The zero-order valence-corrected chi connectivity index (χ0v) is 9.91. The van der Waals surface area contributed by atoms with E-state index in [4.69, 9.17) is 10.5 Å². The van der Waals surface area contributed by atoms with Crippen molar-refractivity contribution in [2.75, 3.05) is 12.3 Å². The van der Waals surface area contributed by atoms with E-state index in [1.807, 2.05) is 32.9 Å². The molecule has 1 amide bonds. The number of hydrogen-bond acceptors (Lipinski definition) is 3. The molecule has 0 fully saturated rings. The zero-order chi connectivity index (χ0) is 12.1. The molecule has 0 bridgehead atoms. The molecule has 0 unspecified atom stereocenters. The Labute approximate surface area is 95.8 Å². The standard InChI is InChI=1S/C12H18N2O2/c1-8(2)14-12(15)7-16-11-5-4-9(3)6-10(11)13/h4-6,8H,7,13H2,1-3H3,(H,14,15). The lowest BCUT2D eigenvalue weighted by Gasteiger charge is -2.11. The monoisotopic (exact) mass is 222 g/mol. The van der Waals surface area contributed by atoms with Crippen molar-refractivity contribution in [1.29, 1.82) is 0 Å². The van der Waals surface area contributed by atoms with E-state index in [2.05, 4.69) is 5.32 Å². The minimum atomic E-state index is -0.144. The van der Waals surface area contributed by atoms with Crippen LogP contribution in [0.2, 0.25) is 0 Å². The van der Waals surface area contributed by atoms with Crippen molar-refractivity contribution in [2.24, 2.45) is 0 Å². The first kappa shape index (κ1) is 12.4. The van der Waals surface area contributed by atoms with E-state index < -0.39 is 0 Å². The van der Waals surface area contributed by atoms with Crippen molar-refractivity contribution in [2.45, 2.75) is 26.8 Å². The second-order valence-corrected chi connectivity index (χ2v) is 4.05. The molecule has 0 spiro atoms. The van der Waals surface area contributed by atoms with E-state index in [1.165, 1.54) is 0 Å². The topological polar surface area (TPSA) is 64.3 Å². The molecule has 1 aromatic rings. The van der Waals surface area contributed by atoms with Gasteiger partial charge in [0.25, 0.3) is 5.91 Å². The highest BCUT2D eigenvalue weighted by Crippen LogP contribution is 2.21. The van der Waals surface area contributed by atoms with Gasteiger partial charge in [-0.2, -0.15) is 0 Å². The summed E-state index contributed by atoms with van der Waals surface area (Å²) in [4.78, 5) is 11.3. The van der Waals surface area contributed by atoms with Crippen molar-refractivity contribution >= 4 is 11.6 Å². The summed E-state index contributed by atoms with van der Waals surface area (Å²) in [5, 5.41) is 2.74. The minimum absolute atomic E-state index is 0.00849. The predicted molar refractivity (Wildman–Crippen MR) is 64.4 cm³/mol. The van der Waals surface area contributed by atoms with Gasteiger partial charge in [0.05, 0.1) is 5.69 Å². The van der Waals surface area contributed by atoms with Crippen LogP contribution in [0.5, 0.6) is 5.75 Å². The van der Waals surface area contributed by atoms with E-state index in [9.17, 15) is 4.79 Å². The van der Waals surface area contributed by atoms with Crippen LogP contribution in [0, 0.1) is 6.92 Å². The maximum atomic E-state index is 11.3. The molecule has 3 N–H and O–H groups in total. The molecule has 88 valence electrons. The molecule has 1 aromatic carbocycles. The number of nitrogens with one attached hydrogen (secondary N) is 1. The Hall–Kier alpha value is -1.71. The van der Waals surface area contributed by atoms with E-state index in [0.717, 1.165) is 5.56 Å². The third-order valence-corrected chi connectivity index (χ3v) is 1.97. The van der Waals surface area contributed by atoms with Gasteiger partial charge in [0.1, 0.15) is 5.75 Å². The number of carbonyl (C=O) groups is 1. The van der Waals surface area contributed by atoms with Crippen LogP contribution in [0.3, 0.4) is 0 Å². The number of nitrogen functional groups attached to an aromatic ring is 1. The Bertz CT molecular complexity index is 375. The summed E-state index contributed by atoms with van der Waals surface area (Å²) in [6.07, 6.45) is 0. The van der Waals surface area contributed by atoms with Crippen LogP contribution in [0.15, 0.2) is 18.2 Å². The smallest absolute Gasteiger partial charge is 0.258 e. The number of nitrogens with two attached hydrogens (primary N) is 1. The number of amides is 1. The van der Waals surface area contributed by atoms with Gasteiger partial charge < -0.3 is 15.8 Å². The highest BCUT2D eigenvalue weighted by Gasteiger charge is 2.06. The Morgan fingerprint density at radius 2 is 2.19 bits per heavy atom. The fraction of sp³-hybridized carbons (Fsp3) is 0.417. The van der Waals surface area contributed by atoms with E-state index in [0.29, 0.717) is 11.4 Å². The van der Waals surface area contributed by atoms with Crippen molar-refractivity contribution in [3.8, 4) is 5.75 Å². The highest BCUT2D eigenvalue weighted by atomic mass is 16.5. The zero-order valence-electron chi connectivity index (χ0n) is 9.91. The average Bonchev–Trinajstić information content (AvgIpc) is 2.15. The first-order valence-electron chi connectivity index (χ1n) is 5.27. The molecular weight excluding hydrogens is 204 g/mol. The van der Waals surface area contributed by atoms with Crippen molar-refractivity contribution in [3.63, 3.8) is 0 Å². The van der Waals surface area contributed by atoms with Gasteiger partial charge in [-0.05, 0) is 38.5 Å². The summed E-state index contributed by atoms with van der Waals surface area (Å²) in [6, 6.07) is 5.60. The van der Waals surface area contributed by atoms with Gasteiger partial charge in [0, 0.05) is 6.04 Å². The van der Waals surface area contributed by atoms with E-state index in [1.54, 1.807) is 6.07 Å². The fourth-order valence-electron chi connectivity index (χ4n) is 1.31. The molecule has 0 radical (unpaired) electrons. The first-order chi connectivity index (χ1) is 7.49. The second-order valence-electron chi connectivity index (χ2n) is 4.05. The van der Waals surface area contributed by atoms with Crippen molar-refractivity contribution < 1.29 is 9.53 Å². The first-order valence-corrected chi connectivity index (χ1v) is 5.27. The third kappa shape index (κ3) is 3.81. The largest absolute Gasteiger partial charge is 0.482 e. The number of carbonyl (C=O) groups excluding carboxylic acids is 1. The van der Waals surface area contributed by atoms with Crippen LogP contribution < -0.4 is 15.8 Å². The molecule has 0 saturated carbocycles. The van der Waals surface area contributed by atoms with Crippen molar-refractivity contribution in [3.05, 3.63) is 23.8 Å². The summed E-state index contributed by atoms with van der Waals surface area (Å²) in [5.74, 6) is 0.402. The lowest BCUT2D eigenvalue weighted by Crippen LogP contribution is -2.34. The Morgan fingerprint density at radius 1 is 1.50 bits per heavy atom. The number of benzene rings is 1.